The molecule has 0 saturated heterocycles. The van der Waals surface area contributed by atoms with E-state index in [0.29, 0.717) is 13.0 Å². The molecule has 1 aromatic rings. The first-order valence-electron chi connectivity index (χ1n) is 7.38. The predicted molar refractivity (Wildman–Crippen MR) is 84.5 cm³/mol. The Morgan fingerprint density at radius 2 is 2.00 bits per heavy atom. The summed E-state index contributed by atoms with van der Waals surface area (Å²) in [4.78, 5) is 0. The Bertz CT molecular complexity index is 473. The lowest BCUT2D eigenvalue weighted by molar-refractivity contribution is 0.299. The van der Waals surface area contributed by atoms with Gasteiger partial charge in [-0.05, 0) is 39.7 Å². The van der Waals surface area contributed by atoms with Gasteiger partial charge in [0.05, 0.1) is 19.8 Å². The van der Waals surface area contributed by atoms with E-state index in [1.165, 1.54) is 0 Å². The summed E-state index contributed by atoms with van der Waals surface area (Å²) in [6.45, 7) is 7.79. The zero-order chi connectivity index (χ0) is 15.7. The zero-order valence-electron chi connectivity index (χ0n) is 13.5. The highest BCUT2D eigenvalue weighted by molar-refractivity contribution is 5.40. The van der Waals surface area contributed by atoms with Gasteiger partial charge < -0.3 is 14.8 Å². The minimum atomic E-state index is 0.0595. The van der Waals surface area contributed by atoms with Crippen molar-refractivity contribution in [2.45, 2.75) is 52.1 Å². The van der Waals surface area contributed by atoms with Gasteiger partial charge in [0.1, 0.15) is 11.5 Å². The first-order chi connectivity index (χ1) is 9.96. The highest BCUT2D eigenvalue weighted by Crippen LogP contribution is 2.25. The normalized spacial score (nSPS) is 11.0. The third kappa shape index (κ3) is 7.01. The summed E-state index contributed by atoms with van der Waals surface area (Å²) in [7, 11) is 1.65. The van der Waals surface area contributed by atoms with Gasteiger partial charge in [-0.3, -0.25) is 0 Å². The smallest absolute Gasteiger partial charge is 0.127 e. The number of nitrogens with zero attached hydrogens (tertiary/aromatic N) is 1. The molecule has 0 aliphatic heterocycles. The molecular formula is C17H26N2O2. The van der Waals surface area contributed by atoms with Crippen LogP contribution in [0.2, 0.25) is 0 Å². The Balaban J connectivity index is 2.66. The van der Waals surface area contributed by atoms with E-state index in [9.17, 15) is 0 Å². The quantitative estimate of drug-likeness (QED) is 0.742. The van der Waals surface area contributed by atoms with E-state index < -0.39 is 0 Å². The van der Waals surface area contributed by atoms with Gasteiger partial charge in [0.25, 0.3) is 0 Å². The van der Waals surface area contributed by atoms with Crippen LogP contribution in [0.1, 0.15) is 45.6 Å². The molecule has 116 valence electrons. The van der Waals surface area contributed by atoms with Gasteiger partial charge in [0, 0.05) is 30.1 Å². The molecule has 1 aromatic carbocycles. The summed E-state index contributed by atoms with van der Waals surface area (Å²) in [6, 6.07) is 8.04. The fourth-order valence-electron chi connectivity index (χ4n) is 1.79. The van der Waals surface area contributed by atoms with E-state index in [2.05, 4.69) is 32.2 Å². The molecule has 0 aliphatic carbocycles. The van der Waals surface area contributed by atoms with E-state index in [1.807, 2.05) is 18.2 Å². The molecule has 0 aromatic heterocycles. The monoisotopic (exact) mass is 290 g/mol. The summed E-state index contributed by atoms with van der Waals surface area (Å²) in [6.07, 6.45) is 2.34. The first kappa shape index (κ1) is 17.3. The maximum absolute atomic E-state index is 8.53. The second kappa shape index (κ2) is 8.53. The van der Waals surface area contributed by atoms with Crippen LogP contribution < -0.4 is 14.8 Å². The predicted octanol–water partition coefficient (Wildman–Crippen LogP) is 3.66. The van der Waals surface area contributed by atoms with Gasteiger partial charge >= 0.3 is 0 Å². The number of hydrogen-bond acceptors (Lipinski definition) is 4. The average molecular weight is 290 g/mol. The number of nitrogens with one attached hydrogen (secondary N) is 1. The van der Waals surface area contributed by atoms with Gasteiger partial charge in [-0.2, -0.15) is 5.26 Å². The van der Waals surface area contributed by atoms with Crippen LogP contribution in [0.25, 0.3) is 0 Å². The van der Waals surface area contributed by atoms with E-state index in [1.54, 1.807) is 7.11 Å². The molecule has 4 nitrogen and oxygen atoms in total. The van der Waals surface area contributed by atoms with Crippen molar-refractivity contribution < 1.29 is 9.47 Å². The van der Waals surface area contributed by atoms with Crippen LogP contribution in [0.3, 0.4) is 0 Å². The van der Waals surface area contributed by atoms with E-state index in [4.69, 9.17) is 14.7 Å². The van der Waals surface area contributed by atoms with Crippen molar-refractivity contribution >= 4 is 0 Å². The lowest BCUT2D eigenvalue weighted by Gasteiger charge is -2.22. The number of nitriles is 1. The molecule has 4 heteroatoms. The Hall–Kier alpha value is -1.73. The molecule has 0 atom stereocenters. The lowest BCUT2D eigenvalue weighted by Crippen LogP contribution is -2.35. The van der Waals surface area contributed by atoms with Crippen LogP contribution in [0.5, 0.6) is 11.5 Å². The summed E-state index contributed by atoms with van der Waals surface area (Å²) >= 11 is 0. The molecule has 0 radical (unpaired) electrons. The van der Waals surface area contributed by atoms with Crippen LogP contribution in [0.4, 0.5) is 0 Å². The summed E-state index contributed by atoms with van der Waals surface area (Å²) in [5, 5.41) is 12.0. The minimum Gasteiger partial charge on any atom is -0.497 e. The van der Waals surface area contributed by atoms with Crippen molar-refractivity contribution in [3.05, 3.63) is 23.8 Å². The topological polar surface area (TPSA) is 54.3 Å². The van der Waals surface area contributed by atoms with Crippen LogP contribution >= 0.6 is 0 Å². The van der Waals surface area contributed by atoms with Crippen molar-refractivity contribution in [2.24, 2.45) is 0 Å². The van der Waals surface area contributed by atoms with Gasteiger partial charge in [-0.1, -0.05) is 6.07 Å². The fraction of sp³-hybridized carbons (Fsp3) is 0.588. The first-order valence-corrected chi connectivity index (χ1v) is 7.38. The third-order valence-corrected chi connectivity index (χ3v) is 3.02. The molecular weight excluding hydrogens is 264 g/mol. The van der Waals surface area contributed by atoms with Crippen molar-refractivity contribution in [1.82, 2.24) is 5.32 Å². The zero-order valence-corrected chi connectivity index (χ0v) is 13.5. The van der Waals surface area contributed by atoms with Crippen LogP contribution in [-0.4, -0.2) is 19.3 Å². The molecule has 0 heterocycles. The molecule has 0 fully saturated rings. The molecule has 0 aliphatic rings. The molecule has 1 rings (SSSR count). The van der Waals surface area contributed by atoms with Crippen molar-refractivity contribution in [2.75, 3.05) is 13.7 Å². The molecule has 0 spiro atoms. The number of hydrogen-bond donors (Lipinski definition) is 1. The number of benzene rings is 1. The molecule has 0 bridgehead atoms. The number of methoxy groups -OCH3 is 1. The average Bonchev–Trinajstić information content (AvgIpc) is 2.44. The van der Waals surface area contributed by atoms with Gasteiger partial charge in [0.2, 0.25) is 0 Å². The second-order valence-corrected chi connectivity index (χ2v) is 6.04. The summed E-state index contributed by atoms with van der Waals surface area (Å²) in [5.41, 5.74) is 1.18. The van der Waals surface area contributed by atoms with Crippen molar-refractivity contribution in [3.63, 3.8) is 0 Å². The Labute approximate surface area is 128 Å². The SMILES string of the molecule is COc1ccc(CNC(C)(C)C)c(OCCCCC#N)c1. The van der Waals surface area contributed by atoms with E-state index in [-0.39, 0.29) is 5.54 Å². The standard InChI is InChI=1S/C17H26N2O2/c1-17(2,3)19-13-14-8-9-15(20-4)12-16(14)21-11-7-5-6-10-18/h8-9,12,19H,5-7,11,13H2,1-4H3. The van der Waals surface area contributed by atoms with Crippen molar-refractivity contribution in [1.29, 1.82) is 5.26 Å². The minimum absolute atomic E-state index is 0.0595. The van der Waals surface area contributed by atoms with E-state index in [0.717, 1.165) is 36.4 Å². The summed E-state index contributed by atoms with van der Waals surface area (Å²) in [5.74, 6) is 1.64. The van der Waals surface area contributed by atoms with Gasteiger partial charge in [-0.15, -0.1) is 0 Å². The Morgan fingerprint density at radius 3 is 2.62 bits per heavy atom. The summed E-state index contributed by atoms with van der Waals surface area (Å²) < 4.78 is 11.1. The number of unbranched alkanes of at least 4 members (excludes halogenated alkanes) is 2. The molecule has 0 unspecified atom stereocenters. The molecule has 1 N–H and O–H groups in total. The second-order valence-electron chi connectivity index (χ2n) is 6.04. The van der Waals surface area contributed by atoms with Gasteiger partial charge in [0.15, 0.2) is 0 Å². The van der Waals surface area contributed by atoms with E-state index >= 15 is 0 Å². The molecule has 0 saturated carbocycles. The number of ether oxygens (including phenoxy) is 2. The molecule has 0 amide bonds. The van der Waals surface area contributed by atoms with Gasteiger partial charge in [-0.25, -0.2) is 0 Å². The third-order valence-electron chi connectivity index (χ3n) is 3.02. The highest BCUT2D eigenvalue weighted by atomic mass is 16.5. The van der Waals surface area contributed by atoms with Crippen LogP contribution in [-0.2, 0) is 6.54 Å². The lowest BCUT2D eigenvalue weighted by atomic mass is 10.1. The van der Waals surface area contributed by atoms with Crippen molar-refractivity contribution in [3.8, 4) is 17.6 Å². The Kier molecular flexibility index (Phi) is 7.04. The van der Waals surface area contributed by atoms with Crippen LogP contribution in [0.15, 0.2) is 18.2 Å². The Morgan fingerprint density at radius 1 is 1.24 bits per heavy atom. The fourth-order valence-corrected chi connectivity index (χ4v) is 1.79. The maximum atomic E-state index is 8.53. The number of rotatable bonds is 8. The maximum Gasteiger partial charge on any atom is 0.127 e. The largest absolute Gasteiger partial charge is 0.497 e. The molecule has 21 heavy (non-hydrogen) atoms. The van der Waals surface area contributed by atoms with Crippen LogP contribution in [0, 0.1) is 11.3 Å². The highest BCUT2D eigenvalue weighted by Gasteiger charge is 2.12.